The van der Waals surface area contributed by atoms with E-state index < -0.39 is 10.8 Å². The number of rotatable bonds is 6. The maximum absolute atomic E-state index is 11.3. The first kappa shape index (κ1) is 13.4. The van der Waals surface area contributed by atoms with E-state index >= 15 is 0 Å². The molecule has 5 heteroatoms. The highest BCUT2D eigenvalue weighted by Crippen LogP contribution is 2.04. The van der Waals surface area contributed by atoms with Crippen LogP contribution >= 0.6 is 0 Å². The molecule has 1 heterocycles. The number of hydrogen-bond acceptors (Lipinski definition) is 3. The Kier molecular flexibility index (Phi) is 5.15. The van der Waals surface area contributed by atoms with E-state index in [1.807, 2.05) is 13.1 Å². The minimum Gasteiger partial charge on any atom is -0.332 e. The molecule has 0 fully saturated rings. The fraction of sp³-hybridized carbons (Fsp3) is 0.727. The number of nitrogens with zero attached hydrogens (tertiary/aromatic N) is 2. The molecule has 1 aromatic rings. The average Bonchev–Trinajstić information content (AvgIpc) is 2.62. The van der Waals surface area contributed by atoms with E-state index in [1.165, 1.54) is 0 Å². The van der Waals surface area contributed by atoms with Crippen molar-refractivity contribution in [1.29, 1.82) is 0 Å². The van der Waals surface area contributed by atoms with Gasteiger partial charge < -0.3 is 9.88 Å². The first-order valence-corrected chi connectivity index (χ1v) is 7.17. The predicted molar refractivity (Wildman–Crippen MR) is 67.7 cm³/mol. The van der Waals surface area contributed by atoms with Crippen molar-refractivity contribution in [3.63, 3.8) is 0 Å². The minimum atomic E-state index is -0.785. The van der Waals surface area contributed by atoms with Crippen LogP contribution in [0.5, 0.6) is 0 Å². The third-order valence-corrected chi connectivity index (χ3v) is 3.79. The number of hydrogen-bond donors (Lipinski definition) is 1. The highest BCUT2D eigenvalue weighted by Gasteiger charge is 2.09. The molecule has 0 amide bonds. The van der Waals surface area contributed by atoms with Gasteiger partial charge in [0.25, 0.3) is 0 Å². The third kappa shape index (κ3) is 4.06. The van der Waals surface area contributed by atoms with Crippen LogP contribution in [0.4, 0.5) is 0 Å². The van der Waals surface area contributed by atoms with Crippen molar-refractivity contribution in [1.82, 2.24) is 14.9 Å². The number of aromatic nitrogens is 2. The van der Waals surface area contributed by atoms with E-state index in [1.54, 1.807) is 12.6 Å². The van der Waals surface area contributed by atoms with Crippen molar-refractivity contribution in [2.24, 2.45) is 0 Å². The lowest BCUT2D eigenvalue weighted by Crippen LogP contribution is -2.25. The zero-order valence-electron chi connectivity index (χ0n) is 10.4. The van der Waals surface area contributed by atoms with Crippen molar-refractivity contribution in [2.75, 3.05) is 6.26 Å². The molecule has 0 aliphatic heterocycles. The highest BCUT2D eigenvalue weighted by atomic mass is 32.2. The maximum atomic E-state index is 11.3. The van der Waals surface area contributed by atoms with Gasteiger partial charge in [0, 0.05) is 47.6 Å². The number of nitrogens with one attached hydrogen (secondary N) is 1. The molecule has 0 saturated heterocycles. The molecule has 16 heavy (non-hydrogen) atoms. The van der Waals surface area contributed by atoms with Crippen LogP contribution < -0.4 is 5.32 Å². The summed E-state index contributed by atoms with van der Waals surface area (Å²) >= 11 is 0. The van der Waals surface area contributed by atoms with Gasteiger partial charge in [-0.3, -0.25) is 4.21 Å². The molecular weight excluding hydrogens is 222 g/mol. The van der Waals surface area contributed by atoms with Crippen LogP contribution in [0.2, 0.25) is 0 Å². The molecule has 2 unspecified atom stereocenters. The zero-order valence-corrected chi connectivity index (χ0v) is 11.3. The van der Waals surface area contributed by atoms with Gasteiger partial charge in [0.1, 0.15) is 0 Å². The molecule has 0 aliphatic rings. The first-order valence-electron chi connectivity index (χ1n) is 5.55. The zero-order chi connectivity index (χ0) is 12.1. The topological polar surface area (TPSA) is 46.9 Å². The molecule has 0 radical (unpaired) electrons. The van der Waals surface area contributed by atoms with Gasteiger partial charge in [-0.05, 0) is 6.92 Å². The summed E-state index contributed by atoms with van der Waals surface area (Å²) < 4.78 is 13.4. The van der Waals surface area contributed by atoms with Crippen LogP contribution in [0.1, 0.15) is 26.5 Å². The summed E-state index contributed by atoms with van der Waals surface area (Å²) in [7, 11) is -0.785. The van der Waals surface area contributed by atoms with Crippen molar-refractivity contribution < 1.29 is 4.21 Å². The standard InChI is InChI=1S/C11H21N3OS/c1-9(2)13-6-11-5-12-8-14(11)7-10(3)16(4)15/h5,8-10,13H,6-7H2,1-4H3. The fourth-order valence-corrected chi connectivity index (χ4v) is 1.72. The fourth-order valence-electron chi connectivity index (χ4n) is 1.35. The van der Waals surface area contributed by atoms with Gasteiger partial charge in [-0.25, -0.2) is 4.98 Å². The second kappa shape index (κ2) is 6.15. The predicted octanol–water partition coefficient (Wildman–Crippen LogP) is 1.15. The summed E-state index contributed by atoms with van der Waals surface area (Å²) in [6.07, 6.45) is 5.41. The van der Waals surface area contributed by atoms with Crippen LogP contribution in [-0.4, -0.2) is 31.3 Å². The smallest absolute Gasteiger partial charge is 0.0948 e. The summed E-state index contributed by atoms with van der Waals surface area (Å²) in [5.74, 6) is 0. The molecule has 1 aromatic heterocycles. The van der Waals surface area contributed by atoms with Gasteiger partial charge in [0.2, 0.25) is 0 Å². The first-order chi connectivity index (χ1) is 7.50. The highest BCUT2D eigenvalue weighted by molar-refractivity contribution is 7.84. The van der Waals surface area contributed by atoms with Crippen molar-refractivity contribution in [2.45, 2.75) is 45.2 Å². The largest absolute Gasteiger partial charge is 0.332 e. The second-order valence-electron chi connectivity index (χ2n) is 4.38. The Hall–Kier alpha value is -0.680. The summed E-state index contributed by atoms with van der Waals surface area (Å²) in [5, 5.41) is 3.51. The summed E-state index contributed by atoms with van der Waals surface area (Å²) in [6, 6.07) is 0.459. The Balaban J connectivity index is 2.60. The Bertz CT molecular complexity index is 349. The summed E-state index contributed by atoms with van der Waals surface area (Å²) in [4.78, 5) is 4.14. The molecule has 4 nitrogen and oxygen atoms in total. The third-order valence-electron chi connectivity index (χ3n) is 2.51. The Morgan fingerprint density at radius 2 is 2.19 bits per heavy atom. The van der Waals surface area contributed by atoms with Gasteiger partial charge in [-0.15, -0.1) is 0 Å². The lowest BCUT2D eigenvalue weighted by atomic mass is 10.3. The average molecular weight is 243 g/mol. The molecular formula is C11H21N3OS. The molecule has 92 valence electrons. The second-order valence-corrected chi connectivity index (χ2v) is 6.18. The Labute approximate surface area is 99.9 Å². The minimum absolute atomic E-state index is 0.159. The molecule has 1 rings (SSSR count). The van der Waals surface area contributed by atoms with Crippen molar-refractivity contribution in [3.8, 4) is 0 Å². The summed E-state index contributed by atoms with van der Waals surface area (Å²) in [5.41, 5.74) is 1.14. The van der Waals surface area contributed by atoms with E-state index in [9.17, 15) is 4.21 Å². The molecule has 0 spiro atoms. The molecule has 2 atom stereocenters. The van der Waals surface area contributed by atoms with Crippen molar-refractivity contribution in [3.05, 3.63) is 18.2 Å². The van der Waals surface area contributed by atoms with Crippen LogP contribution in [0.25, 0.3) is 0 Å². The molecule has 0 bridgehead atoms. The summed E-state index contributed by atoms with van der Waals surface area (Å²) in [6.45, 7) is 7.80. The quantitative estimate of drug-likeness (QED) is 0.815. The van der Waals surface area contributed by atoms with E-state index in [0.717, 1.165) is 18.8 Å². The van der Waals surface area contributed by atoms with Crippen LogP contribution in [-0.2, 0) is 23.9 Å². The van der Waals surface area contributed by atoms with Gasteiger partial charge >= 0.3 is 0 Å². The van der Waals surface area contributed by atoms with E-state index in [0.29, 0.717) is 6.04 Å². The Morgan fingerprint density at radius 3 is 2.75 bits per heavy atom. The lowest BCUT2D eigenvalue weighted by Gasteiger charge is -2.14. The van der Waals surface area contributed by atoms with Gasteiger partial charge in [0.15, 0.2) is 0 Å². The van der Waals surface area contributed by atoms with Crippen LogP contribution in [0.3, 0.4) is 0 Å². The van der Waals surface area contributed by atoms with Gasteiger partial charge in [0.05, 0.1) is 12.0 Å². The van der Waals surface area contributed by atoms with E-state index in [4.69, 9.17) is 0 Å². The molecule has 0 aliphatic carbocycles. The number of imidazole rings is 1. The van der Waals surface area contributed by atoms with Crippen LogP contribution in [0.15, 0.2) is 12.5 Å². The van der Waals surface area contributed by atoms with E-state index in [-0.39, 0.29) is 5.25 Å². The van der Waals surface area contributed by atoms with Gasteiger partial charge in [-0.2, -0.15) is 0 Å². The molecule has 0 aromatic carbocycles. The lowest BCUT2D eigenvalue weighted by molar-refractivity contribution is 0.551. The molecule has 1 N–H and O–H groups in total. The molecule has 0 saturated carbocycles. The van der Waals surface area contributed by atoms with Gasteiger partial charge in [-0.1, -0.05) is 13.8 Å². The van der Waals surface area contributed by atoms with E-state index in [2.05, 4.69) is 28.7 Å². The Morgan fingerprint density at radius 1 is 1.50 bits per heavy atom. The maximum Gasteiger partial charge on any atom is 0.0948 e. The SMILES string of the molecule is CC(C)NCc1cncn1CC(C)S(C)=O. The monoisotopic (exact) mass is 243 g/mol. The normalized spacial score (nSPS) is 15.3. The van der Waals surface area contributed by atoms with Crippen molar-refractivity contribution >= 4 is 10.8 Å². The van der Waals surface area contributed by atoms with Crippen LogP contribution in [0, 0.1) is 0 Å².